The van der Waals surface area contributed by atoms with E-state index in [0.717, 1.165) is 0 Å². The Labute approximate surface area is 287 Å². The molecule has 0 nitrogen and oxygen atoms in total. The Bertz CT molecular complexity index is 3160. The molecule has 11 aromatic rings. The van der Waals surface area contributed by atoms with Crippen LogP contribution in [0.2, 0.25) is 0 Å². The second kappa shape index (κ2) is 10.2. The maximum Gasteiger partial charge on any atom is 0.0361 e. The lowest BCUT2D eigenvalue weighted by atomic mass is 9.86. The summed E-state index contributed by atoms with van der Waals surface area (Å²) in [6, 6.07) is 63.2. The SMILES string of the molecule is c1ccc2c(c1)sc1cc(-c3cccc4c(-c5ccc6c(c5)c5ccccc5c5c7ccccc7c7ccccc7c65)cccc34)ccc12. The smallest absolute Gasteiger partial charge is 0.0361 e. The van der Waals surface area contributed by atoms with E-state index < -0.39 is 0 Å². The predicted molar refractivity (Wildman–Crippen MR) is 215 cm³/mol. The number of hydrogen-bond donors (Lipinski definition) is 0. The van der Waals surface area contributed by atoms with E-state index in [1.165, 1.54) is 107 Å². The van der Waals surface area contributed by atoms with Gasteiger partial charge in [-0.25, -0.2) is 0 Å². The van der Waals surface area contributed by atoms with Crippen molar-refractivity contribution in [3.8, 4) is 22.3 Å². The molecule has 0 bridgehead atoms. The van der Waals surface area contributed by atoms with Gasteiger partial charge in [-0.2, -0.15) is 0 Å². The molecule has 0 saturated carbocycles. The minimum atomic E-state index is 1.24. The molecule has 0 atom stereocenters. The Morgan fingerprint density at radius 2 is 0.653 bits per heavy atom. The second-order valence-electron chi connectivity index (χ2n) is 13.2. The highest BCUT2D eigenvalue weighted by Gasteiger charge is 2.17. The van der Waals surface area contributed by atoms with E-state index in [2.05, 4.69) is 170 Å². The maximum atomic E-state index is 2.44. The van der Waals surface area contributed by atoms with Crippen molar-refractivity contribution in [1.82, 2.24) is 0 Å². The Morgan fingerprint density at radius 3 is 1.24 bits per heavy atom. The molecule has 0 spiro atoms. The summed E-state index contributed by atoms with van der Waals surface area (Å²) in [6.45, 7) is 0. The first-order valence-corrected chi connectivity index (χ1v) is 17.7. The summed E-state index contributed by atoms with van der Waals surface area (Å²) in [4.78, 5) is 0. The van der Waals surface area contributed by atoms with Gasteiger partial charge in [-0.05, 0) is 105 Å². The predicted octanol–water partition coefficient (Wildman–Crippen LogP) is 14.3. The molecule has 0 saturated heterocycles. The van der Waals surface area contributed by atoms with E-state index in [9.17, 15) is 0 Å². The summed E-state index contributed by atoms with van der Waals surface area (Å²) in [5, 5.41) is 18.4. The molecule has 0 N–H and O–H groups in total. The van der Waals surface area contributed by atoms with Crippen molar-refractivity contribution in [3.63, 3.8) is 0 Å². The summed E-state index contributed by atoms with van der Waals surface area (Å²) in [6.07, 6.45) is 0. The molecule has 1 heteroatoms. The molecule has 0 amide bonds. The molecule has 11 rings (SSSR count). The van der Waals surface area contributed by atoms with E-state index in [1.54, 1.807) is 0 Å². The van der Waals surface area contributed by atoms with Gasteiger partial charge in [0.05, 0.1) is 0 Å². The van der Waals surface area contributed by atoms with Crippen molar-refractivity contribution in [2.45, 2.75) is 0 Å². The molecule has 49 heavy (non-hydrogen) atoms. The van der Waals surface area contributed by atoms with Crippen LogP contribution in [-0.4, -0.2) is 0 Å². The first kappa shape index (κ1) is 27.0. The van der Waals surface area contributed by atoms with E-state index >= 15 is 0 Å². The molecular formula is C48H28S. The van der Waals surface area contributed by atoms with E-state index in [4.69, 9.17) is 0 Å². The highest BCUT2D eigenvalue weighted by molar-refractivity contribution is 7.25. The maximum absolute atomic E-state index is 2.44. The monoisotopic (exact) mass is 636 g/mol. The molecule has 0 aliphatic heterocycles. The number of benzene rings is 10. The molecule has 0 aliphatic carbocycles. The minimum Gasteiger partial charge on any atom is -0.135 e. The Morgan fingerprint density at radius 1 is 0.245 bits per heavy atom. The van der Waals surface area contributed by atoms with Crippen LogP contribution in [-0.2, 0) is 0 Å². The van der Waals surface area contributed by atoms with Crippen molar-refractivity contribution in [3.05, 3.63) is 170 Å². The minimum absolute atomic E-state index is 1.24. The third-order valence-electron chi connectivity index (χ3n) is 10.6. The van der Waals surface area contributed by atoms with Crippen LogP contribution in [0.25, 0.3) is 107 Å². The largest absolute Gasteiger partial charge is 0.135 e. The third-order valence-corrected chi connectivity index (χ3v) is 11.8. The van der Waals surface area contributed by atoms with Gasteiger partial charge in [0.2, 0.25) is 0 Å². The van der Waals surface area contributed by atoms with Crippen molar-refractivity contribution in [2.75, 3.05) is 0 Å². The molecule has 0 radical (unpaired) electrons. The topological polar surface area (TPSA) is 0 Å². The van der Waals surface area contributed by atoms with Gasteiger partial charge in [0, 0.05) is 20.2 Å². The molecule has 226 valence electrons. The van der Waals surface area contributed by atoms with Crippen LogP contribution in [0, 0.1) is 0 Å². The molecular weight excluding hydrogens is 609 g/mol. The molecule has 0 unspecified atom stereocenters. The standard InChI is InChI=1S/C48H28S/c1-4-15-40-35(11-1)36-12-2-5-16-41(36)48-43-26-24-29(27-44(43)37-13-3-6-17-42(37)47(40)48)31-18-9-21-34-32(19-10-20-33(31)34)30-23-25-39-38-14-7-8-22-45(38)49-46(39)28-30/h1-28H. The van der Waals surface area contributed by atoms with Crippen LogP contribution < -0.4 is 0 Å². The lowest BCUT2D eigenvalue weighted by Gasteiger charge is -2.17. The second-order valence-corrected chi connectivity index (χ2v) is 14.2. The van der Waals surface area contributed by atoms with Gasteiger partial charge in [0.1, 0.15) is 0 Å². The molecule has 0 aliphatic rings. The zero-order valence-electron chi connectivity index (χ0n) is 26.6. The van der Waals surface area contributed by atoms with Gasteiger partial charge in [0.25, 0.3) is 0 Å². The fourth-order valence-electron chi connectivity index (χ4n) is 8.50. The number of thiophene rings is 1. The van der Waals surface area contributed by atoms with Crippen molar-refractivity contribution in [2.24, 2.45) is 0 Å². The van der Waals surface area contributed by atoms with Crippen LogP contribution >= 0.6 is 11.3 Å². The highest BCUT2D eigenvalue weighted by atomic mass is 32.1. The quantitative estimate of drug-likeness (QED) is 0.166. The summed E-state index contributed by atoms with van der Waals surface area (Å²) in [7, 11) is 0. The Kier molecular flexibility index (Phi) is 5.64. The summed E-state index contributed by atoms with van der Waals surface area (Å²) >= 11 is 1.88. The number of fused-ring (bicyclic) bond motifs is 15. The van der Waals surface area contributed by atoms with Crippen LogP contribution in [0.3, 0.4) is 0 Å². The summed E-state index contributed by atoms with van der Waals surface area (Å²) in [5.74, 6) is 0. The Balaban J connectivity index is 1.17. The van der Waals surface area contributed by atoms with E-state index in [-0.39, 0.29) is 0 Å². The molecule has 10 aromatic carbocycles. The van der Waals surface area contributed by atoms with Crippen LogP contribution in [0.4, 0.5) is 0 Å². The lowest BCUT2D eigenvalue weighted by Crippen LogP contribution is -1.89. The van der Waals surface area contributed by atoms with Gasteiger partial charge in [-0.1, -0.05) is 152 Å². The highest BCUT2D eigenvalue weighted by Crippen LogP contribution is 2.45. The molecule has 0 fully saturated rings. The molecule has 1 aromatic heterocycles. The van der Waals surface area contributed by atoms with Gasteiger partial charge in [0.15, 0.2) is 0 Å². The van der Waals surface area contributed by atoms with Crippen molar-refractivity contribution < 1.29 is 0 Å². The lowest BCUT2D eigenvalue weighted by molar-refractivity contribution is 1.67. The van der Waals surface area contributed by atoms with Gasteiger partial charge in [-0.3, -0.25) is 0 Å². The number of rotatable bonds is 2. The fraction of sp³-hybridized carbons (Fsp3) is 0. The first-order valence-electron chi connectivity index (χ1n) is 16.9. The average molecular weight is 637 g/mol. The van der Waals surface area contributed by atoms with Crippen molar-refractivity contribution in [1.29, 1.82) is 0 Å². The summed E-state index contributed by atoms with van der Waals surface area (Å²) < 4.78 is 2.67. The zero-order chi connectivity index (χ0) is 32.1. The normalized spacial score (nSPS) is 12.1. The third kappa shape index (κ3) is 3.85. The molecule has 1 heterocycles. The average Bonchev–Trinajstić information content (AvgIpc) is 3.55. The zero-order valence-corrected chi connectivity index (χ0v) is 27.4. The number of hydrogen-bond acceptors (Lipinski definition) is 1. The summed E-state index contributed by atoms with van der Waals surface area (Å²) in [5.41, 5.74) is 5.03. The van der Waals surface area contributed by atoms with Gasteiger partial charge >= 0.3 is 0 Å². The van der Waals surface area contributed by atoms with Crippen LogP contribution in [0.1, 0.15) is 0 Å². The van der Waals surface area contributed by atoms with Crippen LogP contribution in [0.5, 0.6) is 0 Å². The fourth-order valence-corrected chi connectivity index (χ4v) is 9.64. The van der Waals surface area contributed by atoms with Gasteiger partial charge < -0.3 is 0 Å². The van der Waals surface area contributed by atoms with E-state index in [1.807, 2.05) is 11.3 Å². The van der Waals surface area contributed by atoms with Crippen molar-refractivity contribution >= 4 is 96.1 Å². The van der Waals surface area contributed by atoms with Crippen LogP contribution in [0.15, 0.2) is 170 Å². The van der Waals surface area contributed by atoms with E-state index in [0.29, 0.717) is 0 Å². The van der Waals surface area contributed by atoms with Gasteiger partial charge in [-0.15, -0.1) is 11.3 Å². The Hall–Kier alpha value is -6.02. The first-order chi connectivity index (χ1) is 24.3.